The number of carbonyl (C=O) groups is 1. The van der Waals surface area contributed by atoms with Gasteiger partial charge in [-0.15, -0.1) is 0 Å². The van der Waals surface area contributed by atoms with Crippen LogP contribution in [0.25, 0.3) is 10.9 Å². The van der Waals surface area contributed by atoms with Crippen LogP contribution < -0.4 is 0 Å². The lowest BCUT2D eigenvalue weighted by Gasteiger charge is -2.03. The van der Waals surface area contributed by atoms with Crippen LogP contribution in [-0.4, -0.2) is 18.1 Å². The third kappa shape index (κ3) is 2.33. The average Bonchev–Trinajstić information content (AvgIpc) is 2.70. The minimum Gasteiger partial charge on any atom is -0.465 e. The molecular weight excluding hydrogens is 214 g/mol. The monoisotopic (exact) mass is 231 g/mol. The molecule has 3 nitrogen and oxygen atoms in total. The molecule has 1 N–H and O–H groups in total. The standard InChI is InChI=1S/C14H17NO2/c1-9(2)6-11-8-15-13-7-10(14(16)17-3)4-5-12(11)13/h4-5,7-9,15H,6H2,1-3H3. The van der Waals surface area contributed by atoms with Gasteiger partial charge in [0, 0.05) is 17.1 Å². The number of hydrogen-bond donors (Lipinski definition) is 1. The van der Waals surface area contributed by atoms with E-state index >= 15 is 0 Å². The normalized spacial score (nSPS) is 11.1. The number of methoxy groups -OCH3 is 1. The number of nitrogens with one attached hydrogen (secondary N) is 1. The number of benzene rings is 1. The van der Waals surface area contributed by atoms with E-state index in [4.69, 9.17) is 4.74 Å². The summed E-state index contributed by atoms with van der Waals surface area (Å²) in [6.07, 6.45) is 3.06. The predicted octanol–water partition coefficient (Wildman–Crippen LogP) is 3.15. The molecule has 2 aromatic rings. The number of rotatable bonds is 3. The van der Waals surface area contributed by atoms with Gasteiger partial charge in [0.15, 0.2) is 0 Å². The van der Waals surface area contributed by atoms with Gasteiger partial charge in [-0.1, -0.05) is 19.9 Å². The fourth-order valence-electron chi connectivity index (χ4n) is 2.04. The summed E-state index contributed by atoms with van der Waals surface area (Å²) in [6, 6.07) is 5.63. The first kappa shape index (κ1) is 11.7. The van der Waals surface area contributed by atoms with Gasteiger partial charge in [0.1, 0.15) is 0 Å². The minimum absolute atomic E-state index is 0.299. The van der Waals surface area contributed by atoms with Gasteiger partial charge < -0.3 is 9.72 Å². The molecule has 0 fully saturated rings. The summed E-state index contributed by atoms with van der Waals surface area (Å²) in [5.41, 5.74) is 2.87. The molecule has 0 spiro atoms. The van der Waals surface area contributed by atoms with Crippen LogP contribution in [0.3, 0.4) is 0 Å². The first-order valence-electron chi connectivity index (χ1n) is 5.80. The minimum atomic E-state index is -0.299. The van der Waals surface area contributed by atoms with Gasteiger partial charge in [0.25, 0.3) is 0 Å². The Labute approximate surface area is 101 Å². The molecule has 17 heavy (non-hydrogen) atoms. The SMILES string of the molecule is COC(=O)c1ccc2c(CC(C)C)c[nH]c2c1. The molecule has 0 amide bonds. The maximum Gasteiger partial charge on any atom is 0.337 e. The van der Waals surface area contributed by atoms with Crippen LogP contribution in [-0.2, 0) is 11.2 Å². The molecule has 90 valence electrons. The molecule has 1 heterocycles. The lowest BCUT2D eigenvalue weighted by Crippen LogP contribution is -2.00. The van der Waals surface area contributed by atoms with Crippen LogP contribution in [0, 0.1) is 5.92 Å². The second-order valence-corrected chi connectivity index (χ2v) is 4.66. The van der Waals surface area contributed by atoms with Crippen molar-refractivity contribution in [3.8, 4) is 0 Å². The molecule has 3 heteroatoms. The average molecular weight is 231 g/mol. The van der Waals surface area contributed by atoms with Gasteiger partial charge in [0.05, 0.1) is 12.7 Å². The zero-order valence-corrected chi connectivity index (χ0v) is 10.4. The summed E-state index contributed by atoms with van der Waals surface area (Å²) in [5.74, 6) is 0.321. The molecular formula is C14H17NO2. The van der Waals surface area contributed by atoms with Crippen molar-refractivity contribution in [2.45, 2.75) is 20.3 Å². The molecule has 0 bridgehead atoms. The lowest BCUT2D eigenvalue weighted by molar-refractivity contribution is 0.0601. The molecule has 2 rings (SSSR count). The molecule has 0 saturated heterocycles. The fourth-order valence-corrected chi connectivity index (χ4v) is 2.04. The number of hydrogen-bond acceptors (Lipinski definition) is 2. The fraction of sp³-hybridized carbons (Fsp3) is 0.357. The summed E-state index contributed by atoms with van der Waals surface area (Å²) in [7, 11) is 1.39. The predicted molar refractivity (Wildman–Crippen MR) is 68.2 cm³/mol. The third-order valence-corrected chi connectivity index (χ3v) is 2.82. The highest BCUT2D eigenvalue weighted by Crippen LogP contribution is 2.22. The van der Waals surface area contributed by atoms with E-state index in [9.17, 15) is 4.79 Å². The topological polar surface area (TPSA) is 42.1 Å². The first-order valence-corrected chi connectivity index (χ1v) is 5.80. The van der Waals surface area contributed by atoms with Gasteiger partial charge in [-0.3, -0.25) is 0 Å². The molecule has 0 atom stereocenters. The van der Waals surface area contributed by atoms with E-state index in [0.29, 0.717) is 11.5 Å². The summed E-state index contributed by atoms with van der Waals surface area (Å²) < 4.78 is 4.70. The van der Waals surface area contributed by atoms with Gasteiger partial charge in [-0.25, -0.2) is 4.79 Å². The third-order valence-electron chi connectivity index (χ3n) is 2.82. The van der Waals surface area contributed by atoms with Crippen LogP contribution in [0.15, 0.2) is 24.4 Å². The maximum atomic E-state index is 11.4. The molecule has 0 aliphatic heterocycles. The molecule has 0 aliphatic carbocycles. The molecule has 0 aliphatic rings. The van der Waals surface area contributed by atoms with Crippen molar-refractivity contribution >= 4 is 16.9 Å². The highest BCUT2D eigenvalue weighted by Gasteiger charge is 2.09. The highest BCUT2D eigenvalue weighted by molar-refractivity contribution is 5.95. The van der Waals surface area contributed by atoms with Gasteiger partial charge in [-0.05, 0) is 30.0 Å². The van der Waals surface area contributed by atoms with Gasteiger partial charge in [0.2, 0.25) is 0 Å². The zero-order chi connectivity index (χ0) is 12.4. The van der Waals surface area contributed by atoms with Crippen LogP contribution in [0.4, 0.5) is 0 Å². The number of aromatic amines is 1. The molecule has 1 aromatic carbocycles. The number of fused-ring (bicyclic) bond motifs is 1. The van der Waals surface area contributed by atoms with E-state index in [2.05, 4.69) is 18.8 Å². The van der Waals surface area contributed by atoms with Crippen LogP contribution in [0.2, 0.25) is 0 Å². The zero-order valence-electron chi connectivity index (χ0n) is 10.4. The second-order valence-electron chi connectivity index (χ2n) is 4.66. The smallest absolute Gasteiger partial charge is 0.337 e. The van der Waals surface area contributed by atoms with Crippen LogP contribution in [0.1, 0.15) is 29.8 Å². The van der Waals surface area contributed by atoms with Crippen molar-refractivity contribution in [1.82, 2.24) is 4.98 Å². The summed E-state index contributed by atoms with van der Waals surface area (Å²) in [5, 5.41) is 1.19. The van der Waals surface area contributed by atoms with Crippen LogP contribution >= 0.6 is 0 Å². The summed E-state index contributed by atoms with van der Waals surface area (Å²) >= 11 is 0. The second kappa shape index (κ2) is 4.62. The van der Waals surface area contributed by atoms with Crippen molar-refractivity contribution in [2.24, 2.45) is 5.92 Å². The first-order chi connectivity index (χ1) is 8.11. The largest absolute Gasteiger partial charge is 0.465 e. The van der Waals surface area contributed by atoms with Crippen LogP contribution in [0.5, 0.6) is 0 Å². The summed E-state index contributed by atoms with van der Waals surface area (Å²) in [4.78, 5) is 14.6. The maximum absolute atomic E-state index is 11.4. The Kier molecular flexibility index (Phi) is 3.18. The Hall–Kier alpha value is -1.77. The number of H-pyrrole nitrogens is 1. The Morgan fingerprint density at radius 2 is 2.18 bits per heavy atom. The van der Waals surface area contributed by atoms with Gasteiger partial charge >= 0.3 is 5.97 Å². The number of ether oxygens (including phenoxy) is 1. The van der Waals surface area contributed by atoms with Crippen molar-refractivity contribution in [3.63, 3.8) is 0 Å². The Balaban J connectivity index is 2.41. The van der Waals surface area contributed by atoms with Crippen molar-refractivity contribution in [1.29, 1.82) is 0 Å². The van der Waals surface area contributed by atoms with E-state index < -0.39 is 0 Å². The number of esters is 1. The molecule has 0 unspecified atom stereocenters. The van der Waals surface area contributed by atoms with E-state index in [1.807, 2.05) is 24.4 Å². The molecule has 0 saturated carbocycles. The highest BCUT2D eigenvalue weighted by atomic mass is 16.5. The lowest BCUT2D eigenvalue weighted by atomic mass is 10.0. The van der Waals surface area contributed by atoms with Crippen molar-refractivity contribution in [3.05, 3.63) is 35.5 Å². The van der Waals surface area contributed by atoms with E-state index in [0.717, 1.165) is 11.9 Å². The van der Waals surface area contributed by atoms with Gasteiger partial charge in [-0.2, -0.15) is 0 Å². The Morgan fingerprint density at radius 1 is 1.41 bits per heavy atom. The Bertz CT molecular complexity index is 540. The number of carbonyl (C=O) groups excluding carboxylic acids is 1. The Morgan fingerprint density at radius 3 is 2.82 bits per heavy atom. The molecule has 1 aromatic heterocycles. The quantitative estimate of drug-likeness (QED) is 0.824. The van der Waals surface area contributed by atoms with Crippen molar-refractivity contribution in [2.75, 3.05) is 7.11 Å². The van der Waals surface area contributed by atoms with E-state index in [1.165, 1.54) is 18.1 Å². The number of aromatic nitrogens is 1. The summed E-state index contributed by atoms with van der Waals surface area (Å²) in [6.45, 7) is 4.39. The van der Waals surface area contributed by atoms with E-state index in [1.54, 1.807) is 0 Å². The van der Waals surface area contributed by atoms with E-state index in [-0.39, 0.29) is 5.97 Å². The van der Waals surface area contributed by atoms with Crippen molar-refractivity contribution < 1.29 is 9.53 Å². The molecule has 0 radical (unpaired) electrons.